The fourth-order valence-corrected chi connectivity index (χ4v) is 4.20. The van der Waals surface area contributed by atoms with Gasteiger partial charge in [-0.3, -0.25) is 13.9 Å². The van der Waals surface area contributed by atoms with Crippen LogP contribution < -0.4 is 14.4 Å². The van der Waals surface area contributed by atoms with Gasteiger partial charge in [-0.05, 0) is 44.9 Å². The topological polar surface area (TPSA) is 96.0 Å². The molecule has 0 bridgehead atoms. The second-order valence-electron chi connectivity index (χ2n) is 8.13. The SMILES string of the molecule is COc1cccc(N(CC(=O)N(CCc2ccccc2)C(C)C(=O)NC(C)C)S(C)(=O)=O)c1. The van der Waals surface area contributed by atoms with Crippen molar-refractivity contribution >= 4 is 27.5 Å². The Morgan fingerprint density at radius 2 is 1.70 bits per heavy atom. The van der Waals surface area contributed by atoms with Crippen LogP contribution in [0.2, 0.25) is 0 Å². The van der Waals surface area contributed by atoms with Gasteiger partial charge >= 0.3 is 0 Å². The predicted molar refractivity (Wildman–Crippen MR) is 130 cm³/mol. The number of hydrogen-bond acceptors (Lipinski definition) is 5. The van der Waals surface area contributed by atoms with Crippen LogP contribution in [0.25, 0.3) is 0 Å². The molecule has 0 aliphatic heterocycles. The van der Waals surface area contributed by atoms with Gasteiger partial charge in [0, 0.05) is 18.7 Å². The van der Waals surface area contributed by atoms with Gasteiger partial charge < -0.3 is 15.0 Å². The molecule has 0 radical (unpaired) electrons. The fourth-order valence-electron chi connectivity index (χ4n) is 3.35. The minimum Gasteiger partial charge on any atom is -0.497 e. The Labute approximate surface area is 196 Å². The highest BCUT2D eigenvalue weighted by atomic mass is 32.2. The molecule has 2 amide bonds. The molecule has 0 saturated heterocycles. The predicted octanol–water partition coefficient (Wildman–Crippen LogP) is 2.45. The lowest BCUT2D eigenvalue weighted by atomic mass is 10.1. The summed E-state index contributed by atoms with van der Waals surface area (Å²) in [6.07, 6.45) is 1.58. The molecular weight excluding hydrogens is 442 g/mol. The molecule has 0 aromatic heterocycles. The molecule has 9 heteroatoms. The van der Waals surface area contributed by atoms with Gasteiger partial charge in [0.05, 0.1) is 19.1 Å². The minimum atomic E-state index is -3.77. The number of carbonyl (C=O) groups excluding carboxylic acids is 2. The van der Waals surface area contributed by atoms with Crippen LogP contribution in [0.15, 0.2) is 54.6 Å². The first-order valence-electron chi connectivity index (χ1n) is 10.8. The highest BCUT2D eigenvalue weighted by molar-refractivity contribution is 7.92. The molecule has 33 heavy (non-hydrogen) atoms. The number of methoxy groups -OCH3 is 1. The average molecular weight is 476 g/mol. The van der Waals surface area contributed by atoms with E-state index in [9.17, 15) is 18.0 Å². The third-order valence-corrected chi connectivity index (χ3v) is 6.24. The second-order valence-corrected chi connectivity index (χ2v) is 10.0. The van der Waals surface area contributed by atoms with Gasteiger partial charge in [0.1, 0.15) is 18.3 Å². The summed E-state index contributed by atoms with van der Waals surface area (Å²) in [6, 6.07) is 15.3. The normalized spacial score (nSPS) is 12.2. The van der Waals surface area contributed by atoms with Gasteiger partial charge in [0.15, 0.2) is 0 Å². The van der Waals surface area contributed by atoms with Gasteiger partial charge in [-0.25, -0.2) is 8.42 Å². The zero-order valence-electron chi connectivity index (χ0n) is 19.8. The molecule has 2 aromatic rings. The monoisotopic (exact) mass is 475 g/mol. The van der Waals surface area contributed by atoms with E-state index in [4.69, 9.17) is 4.74 Å². The minimum absolute atomic E-state index is 0.0877. The number of amides is 2. The number of benzene rings is 2. The number of nitrogens with one attached hydrogen (secondary N) is 1. The molecule has 0 spiro atoms. The second kappa shape index (κ2) is 11.7. The summed E-state index contributed by atoms with van der Waals surface area (Å²) in [4.78, 5) is 27.5. The van der Waals surface area contributed by atoms with E-state index in [1.165, 1.54) is 12.0 Å². The number of nitrogens with zero attached hydrogens (tertiary/aromatic N) is 2. The van der Waals surface area contributed by atoms with Crippen molar-refractivity contribution in [2.24, 2.45) is 0 Å². The van der Waals surface area contributed by atoms with Crippen LogP contribution in [-0.2, 0) is 26.0 Å². The van der Waals surface area contributed by atoms with Crippen molar-refractivity contribution in [2.75, 3.05) is 30.8 Å². The smallest absolute Gasteiger partial charge is 0.244 e. The standard InChI is InChI=1S/C24H33N3O5S/c1-18(2)25-24(29)19(3)26(15-14-20-10-7-6-8-11-20)23(28)17-27(33(5,30)31)21-12-9-13-22(16-21)32-4/h6-13,16,18-19H,14-15,17H2,1-5H3,(H,25,29). The summed E-state index contributed by atoms with van der Waals surface area (Å²) in [5, 5.41) is 2.83. The Bertz CT molecular complexity index is 1040. The summed E-state index contributed by atoms with van der Waals surface area (Å²) < 4.78 is 31.3. The van der Waals surface area contributed by atoms with Gasteiger partial charge in [-0.1, -0.05) is 36.4 Å². The molecule has 8 nitrogen and oxygen atoms in total. The molecule has 0 saturated carbocycles. The van der Waals surface area contributed by atoms with E-state index in [0.29, 0.717) is 17.9 Å². The summed E-state index contributed by atoms with van der Waals surface area (Å²) in [5.41, 5.74) is 1.33. The van der Waals surface area contributed by atoms with Crippen molar-refractivity contribution < 1.29 is 22.7 Å². The first-order valence-corrected chi connectivity index (χ1v) is 12.6. The van der Waals surface area contributed by atoms with E-state index in [1.807, 2.05) is 44.2 Å². The summed E-state index contributed by atoms with van der Waals surface area (Å²) in [5.74, 6) is -0.288. The van der Waals surface area contributed by atoms with E-state index in [2.05, 4.69) is 5.32 Å². The summed E-state index contributed by atoms with van der Waals surface area (Å²) in [7, 11) is -2.29. The number of carbonyl (C=O) groups is 2. The van der Waals surface area contributed by atoms with Crippen LogP contribution in [0.3, 0.4) is 0 Å². The van der Waals surface area contributed by atoms with Crippen LogP contribution in [0, 0.1) is 0 Å². The third-order valence-electron chi connectivity index (χ3n) is 5.10. The molecule has 0 fully saturated rings. The molecule has 0 heterocycles. The number of ether oxygens (including phenoxy) is 1. The largest absolute Gasteiger partial charge is 0.497 e. The maximum absolute atomic E-state index is 13.4. The third kappa shape index (κ3) is 7.78. The zero-order valence-corrected chi connectivity index (χ0v) is 20.6. The van der Waals surface area contributed by atoms with Crippen LogP contribution in [-0.4, -0.2) is 63.7 Å². The van der Waals surface area contributed by atoms with Crippen molar-refractivity contribution in [1.82, 2.24) is 10.2 Å². The van der Waals surface area contributed by atoms with E-state index in [1.54, 1.807) is 31.2 Å². The van der Waals surface area contributed by atoms with E-state index in [0.717, 1.165) is 16.1 Å². The average Bonchev–Trinajstić information content (AvgIpc) is 2.77. The van der Waals surface area contributed by atoms with Crippen LogP contribution >= 0.6 is 0 Å². The van der Waals surface area contributed by atoms with Crippen molar-refractivity contribution in [2.45, 2.75) is 39.3 Å². The lowest BCUT2D eigenvalue weighted by Gasteiger charge is -2.32. The zero-order chi connectivity index (χ0) is 24.6. The summed E-state index contributed by atoms with van der Waals surface area (Å²) in [6.45, 7) is 5.17. The first kappa shape index (κ1) is 26.2. The quantitative estimate of drug-likeness (QED) is 0.539. The van der Waals surface area contributed by atoms with E-state index in [-0.39, 0.29) is 18.5 Å². The van der Waals surface area contributed by atoms with Crippen molar-refractivity contribution in [3.05, 3.63) is 60.2 Å². The molecule has 0 aliphatic carbocycles. The van der Waals surface area contributed by atoms with Crippen molar-refractivity contribution in [3.8, 4) is 5.75 Å². The highest BCUT2D eigenvalue weighted by Gasteiger charge is 2.30. The lowest BCUT2D eigenvalue weighted by Crippen LogP contribution is -2.53. The molecule has 0 aliphatic rings. The number of hydrogen-bond donors (Lipinski definition) is 1. The van der Waals surface area contributed by atoms with Crippen LogP contribution in [0.4, 0.5) is 5.69 Å². The van der Waals surface area contributed by atoms with Gasteiger partial charge in [-0.15, -0.1) is 0 Å². The number of anilines is 1. The Hall–Kier alpha value is -3.07. The van der Waals surface area contributed by atoms with E-state index >= 15 is 0 Å². The molecule has 1 N–H and O–H groups in total. The Kier molecular flexibility index (Phi) is 9.28. The Balaban J connectivity index is 2.32. The molecular formula is C24H33N3O5S. The summed E-state index contributed by atoms with van der Waals surface area (Å²) >= 11 is 0. The fraction of sp³-hybridized carbons (Fsp3) is 0.417. The van der Waals surface area contributed by atoms with Gasteiger partial charge in [0.2, 0.25) is 21.8 Å². The lowest BCUT2D eigenvalue weighted by molar-refractivity contribution is -0.139. The molecule has 2 rings (SSSR count). The highest BCUT2D eigenvalue weighted by Crippen LogP contribution is 2.23. The Morgan fingerprint density at radius 1 is 1.03 bits per heavy atom. The van der Waals surface area contributed by atoms with Gasteiger partial charge in [0.25, 0.3) is 0 Å². The maximum Gasteiger partial charge on any atom is 0.244 e. The molecule has 1 unspecified atom stereocenters. The van der Waals surface area contributed by atoms with Crippen LogP contribution in [0.1, 0.15) is 26.3 Å². The van der Waals surface area contributed by atoms with Crippen LogP contribution in [0.5, 0.6) is 5.75 Å². The molecule has 1 atom stereocenters. The van der Waals surface area contributed by atoms with E-state index < -0.39 is 28.5 Å². The maximum atomic E-state index is 13.4. The van der Waals surface area contributed by atoms with Crippen molar-refractivity contribution in [3.63, 3.8) is 0 Å². The first-order chi connectivity index (χ1) is 15.5. The number of sulfonamides is 1. The van der Waals surface area contributed by atoms with Gasteiger partial charge in [-0.2, -0.15) is 0 Å². The molecule has 2 aromatic carbocycles. The molecule has 180 valence electrons. The van der Waals surface area contributed by atoms with Crippen molar-refractivity contribution in [1.29, 1.82) is 0 Å². The number of rotatable bonds is 11. The Morgan fingerprint density at radius 3 is 2.27 bits per heavy atom.